The monoisotopic (exact) mass is 187 g/mol. The molecule has 2 N–H and O–H groups in total. The second kappa shape index (κ2) is 3.62. The first-order valence-electron chi connectivity index (χ1n) is 3.59. The molecule has 0 aliphatic rings. The summed E-state index contributed by atoms with van der Waals surface area (Å²) in [6.07, 6.45) is 1.25. The predicted molar refractivity (Wildman–Crippen MR) is 43.4 cm³/mol. The van der Waals surface area contributed by atoms with Gasteiger partial charge in [-0.1, -0.05) is 6.08 Å². The van der Waals surface area contributed by atoms with Crippen LogP contribution >= 0.6 is 0 Å². The van der Waals surface area contributed by atoms with Crippen molar-refractivity contribution in [1.29, 1.82) is 0 Å². The number of nitrogens with two attached hydrogens (primary N) is 1. The summed E-state index contributed by atoms with van der Waals surface area (Å²) in [6, 6.07) is 0.375. The summed E-state index contributed by atoms with van der Waals surface area (Å²) in [4.78, 5) is 0. The predicted octanol–water partition coefficient (Wildman–Crippen LogP) is 2.29. The van der Waals surface area contributed by atoms with Crippen LogP contribution in [0, 0.1) is 17.5 Å². The zero-order valence-electron chi connectivity index (χ0n) is 6.73. The van der Waals surface area contributed by atoms with Gasteiger partial charge in [-0.25, -0.2) is 13.2 Å². The second-order valence-electron chi connectivity index (χ2n) is 2.55. The van der Waals surface area contributed by atoms with Gasteiger partial charge in [0.15, 0.2) is 11.6 Å². The Morgan fingerprint density at radius 1 is 1.15 bits per heavy atom. The van der Waals surface area contributed by atoms with Crippen LogP contribution in [-0.4, -0.2) is 0 Å². The van der Waals surface area contributed by atoms with Gasteiger partial charge in [-0.2, -0.15) is 0 Å². The van der Waals surface area contributed by atoms with Crippen molar-refractivity contribution in [2.24, 2.45) is 5.73 Å². The molecule has 0 bridgehead atoms. The van der Waals surface area contributed by atoms with Crippen molar-refractivity contribution in [1.82, 2.24) is 0 Å². The Balaban J connectivity index is 3.22. The first-order valence-corrected chi connectivity index (χ1v) is 3.59. The SMILES string of the molecule is C=C[C@@H](N)c1cc(F)c(F)cc1F. The normalized spacial score (nSPS) is 12.6. The summed E-state index contributed by atoms with van der Waals surface area (Å²) in [5.74, 6) is -3.21. The van der Waals surface area contributed by atoms with Crippen molar-refractivity contribution in [2.45, 2.75) is 6.04 Å². The van der Waals surface area contributed by atoms with E-state index in [2.05, 4.69) is 6.58 Å². The van der Waals surface area contributed by atoms with Crippen LogP contribution in [0.2, 0.25) is 0 Å². The van der Waals surface area contributed by atoms with Crippen molar-refractivity contribution in [3.63, 3.8) is 0 Å². The lowest BCUT2D eigenvalue weighted by molar-refractivity contribution is 0.488. The summed E-state index contributed by atoms with van der Waals surface area (Å²) >= 11 is 0. The third kappa shape index (κ3) is 1.89. The molecule has 1 atom stereocenters. The quantitative estimate of drug-likeness (QED) is 0.558. The maximum Gasteiger partial charge on any atom is 0.161 e. The van der Waals surface area contributed by atoms with E-state index in [1.54, 1.807) is 0 Å². The van der Waals surface area contributed by atoms with Crippen LogP contribution in [0.15, 0.2) is 24.8 Å². The van der Waals surface area contributed by atoms with Crippen LogP contribution < -0.4 is 5.73 Å². The molecular formula is C9H8F3N. The van der Waals surface area contributed by atoms with Crippen molar-refractivity contribution in [3.8, 4) is 0 Å². The summed E-state index contributed by atoms with van der Waals surface area (Å²) < 4.78 is 38.0. The molecule has 1 aromatic rings. The Kier molecular flexibility index (Phi) is 2.72. The third-order valence-electron chi connectivity index (χ3n) is 1.65. The summed E-state index contributed by atoms with van der Waals surface area (Å²) in [6.45, 7) is 3.32. The van der Waals surface area contributed by atoms with Gasteiger partial charge in [0.2, 0.25) is 0 Å². The molecule has 0 saturated carbocycles. The Bertz CT molecular complexity index is 336. The minimum atomic E-state index is -1.22. The van der Waals surface area contributed by atoms with Gasteiger partial charge in [0.1, 0.15) is 5.82 Å². The summed E-state index contributed by atoms with van der Waals surface area (Å²) in [5.41, 5.74) is 5.26. The van der Waals surface area contributed by atoms with Crippen LogP contribution in [-0.2, 0) is 0 Å². The molecule has 0 aromatic heterocycles. The van der Waals surface area contributed by atoms with E-state index in [-0.39, 0.29) is 5.56 Å². The maximum atomic E-state index is 12.9. The highest BCUT2D eigenvalue weighted by Gasteiger charge is 2.12. The molecule has 0 saturated heterocycles. The zero-order chi connectivity index (χ0) is 10.0. The molecule has 0 amide bonds. The van der Waals surface area contributed by atoms with Gasteiger partial charge in [0.05, 0.1) is 6.04 Å². The van der Waals surface area contributed by atoms with E-state index in [1.807, 2.05) is 0 Å². The van der Waals surface area contributed by atoms with E-state index >= 15 is 0 Å². The molecule has 0 aliphatic carbocycles. The maximum absolute atomic E-state index is 12.9. The average molecular weight is 187 g/mol. The van der Waals surface area contributed by atoms with Gasteiger partial charge >= 0.3 is 0 Å². The van der Waals surface area contributed by atoms with Gasteiger partial charge in [-0.05, 0) is 6.07 Å². The highest BCUT2D eigenvalue weighted by Crippen LogP contribution is 2.19. The first-order chi connectivity index (χ1) is 6.06. The first kappa shape index (κ1) is 9.80. The smallest absolute Gasteiger partial charge is 0.161 e. The molecule has 13 heavy (non-hydrogen) atoms. The number of halogens is 3. The fraction of sp³-hybridized carbons (Fsp3) is 0.111. The highest BCUT2D eigenvalue weighted by atomic mass is 19.2. The fourth-order valence-electron chi connectivity index (χ4n) is 0.920. The van der Waals surface area contributed by atoms with Gasteiger partial charge < -0.3 is 5.73 Å². The van der Waals surface area contributed by atoms with Gasteiger partial charge in [-0.3, -0.25) is 0 Å². The number of hydrogen-bond donors (Lipinski definition) is 1. The topological polar surface area (TPSA) is 26.0 Å². The molecule has 0 spiro atoms. The lowest BCUT2D eigenvalue weighted by Crippen LogP contribution is -2.09. The van der Waals surface area contributed by atoms with Crippen LogP contribution in [0.1, 0.15) is 11.6 Å². The molecule has 4 heteroatoms. The lowest BCUT2D eigenvalue weighted by atomic mass is 10.1. The number of hydrogen-bond acceptors (Lipinski definition) is 1. The van der Waals surface area contributed by atoms with Crippen molar-refractivity contribution in [2.75, 3.05) is 0 Å². The van der Waals surface area contributed by atoms with Crippen LogP contribution in [0.5, 0.6) is 0 Å². The molecule has 0 unspecified atom stereocenters. The molecule has 1 aromatic carbocycles. The lowest BCUT2D eigenvalue weighted by Gasteiger charge is -2.07. The number of benzene rings is 1. The van der Waals surface area contributed by atoms with E-state index in [9.17, 15) is 13.2 Å². The highest BCUT2D eigenvalue weighted by molar-refractivity contribution is 5.25. The Morgan fingerprint density at radius 2 is 1.69 bits per heavy atom. The Labute approximate surface area is 73.7 Å². The summed E-state index contributed by atoms with van der Waals surface area (Å²) in [7, 11) is 0. The minimum Gasteiger partial charge on any atom is -0.321 e. The van der Waals surface area contributed by atoms with E-state index in [0.29, 0.717) is 6.07 Å². The molecule has 1 rings (SSSR count). The minimum absolute atomic E-state index is 0.103. The van der Waals surface area contributed by atoms with E-state index < -0.39 is 23.5 Å². The van der Waals surface area contributed by atoms with Crippen molar-refractivity contribution < 1.29 is 13.2 Å². The van der Waals surface area contributed by atoms with E-state index in [0.717, 1.165) is 6.07 Å². The van der Waals surface area contributed by atoms with Crippen LogP contribution in [0.3, 0.4) is 0 Å². The van der Waals surface area contributed by atoms with E-state index in [1.165, 1.54) is 6.08 Å². The molecule has 0 radical (unpaired) electrons. The molecule has 70 valence electrons. The second-order valence-corrected chi connectivity index (χ2v) is 2.55. The van der Waals surface area contributed by atoms with Crippen molar-refractivity contribution in [3.05, 3.63) is 47.8 Å². The molecular weight excluding hydrogens is 179 g/mol. The largest absolute Gasteiger partial charge is 0.321 e. The standard InChI is InChI=1S/C9H8F3N/c1-2-9(13)5-3-7(11)8(12)4-6(5)10/h2-4,9H,1,13H2/t9-/m1/s1. The molecule has 0 fully saturated rings. The van der Waals surface area contributed by atoms with Gasteiger partial charge in [0.25, 0.3) is 0 Å². The van der Waals surface area contributed by atoms with Crippen LogP contribution in [0.25, 0.3) is 0 Å². The molecule has 0 heterocycles. The Hall–Kier alpha value is -1.29. The molecule has 1 nitrogen and oxygen atoms in total. The third-order valence-corrected chi connectivity index (χ3v) is 1.65. The zero-order valence-corrected chi connectivity index (χ0v) is 6.73. The summed E-state index contributed by atoms with van der Waals surface area (Å²) in [5, 5.41) is 0. The molecule has 0 aliphatic heterocycles. The Morgan fingerprint density at radius 3 is 2.23 bits per heavy atom. The van der Waals surface area contributed by atoms with E-state index in [4.69, 9.17) is 5.73 Å². The average Bonchev–Trinajstić information content (AvgIpc) is 2.10. The number of rotatable bonds is 2. The van der Waals surface area contributed by atoms with Gasteiger partial charge in [0, 0.05) is 11.6 Å². The van der Waals surface area contributed by atoms with Gasteiger partial charge in [-0.15, -0.1) is 6.58 Å². The van der Waals surface area contributed by atoms with Crippen LogP contribution in [0.4, 0.5) is 13.2 Å². The fourth-order valence-corrected chi connectivity index (χ4v) is 0.920. The van der Waals surface area contributed by atoms with Crippen molar-refractivity contribution >= 4 is 0 Å².